The number of carbonyl (C=O) groups is 2. The third-order valence-corrected chi connectivity index (χ3v) is 9.65. The van der Waals surface area contributed by atoms with Crippen LogP contribution in [0.15, 0.2) is 24.3 Å². The summed E-state index contributed by atoms with van der Waals surface area (Å²) in [5.74, 6) is 1.99. The molecule has 31 heavy (non-hydrogen) atoms. The maximum absolute atomic E-state index is 13.2. The zero-order chi connectivity index (χ0) is 21.8. The van der Waals surface area contributed by atoms with Gasteiger partial charge < -0.3 is 10.6 Å². The van der Waals surface area contributed by atoms with Gasteiger partial charge >= 0.3 is 0 Å². The van der Waals surface area contributed by atoms with Crippen LogP contribution in [-0.4, -0.2) is 38.6 Å². The number of carbonyl (C=O) groups excluding carboxylic acids is 2. The molecule has 5 fully saturated rings. The summed E-state index contributed by atoms with van der Waals surface area (Å²) < 4.78 is 25.5. The minimum Gasteiger partial charge on any atom is -0.344 e. The monoisotopic (exact) mass is 445 g/mol. The molecule has 4 saturated carbocycles. The largest absolute Gasteiger partial charge is 0.344 e. The first-order valence-electron chi connectivity index (χ1n) is 11.5. The van der Waals surface area contributed by atoms with Crippen LogP contribution >= 0.6 is 0 Å². The average molecular weight is 446 g/mol. The first-order valence-corrected chi connectivity index (χ1v) is 13.1. The predicted molar refractivity (Wildman–Crippen MR) is 119 cm³/mol. The van der Waals surface area contributed by atoms with Crippen molar-refractivity contribution in [2.75, 3.05) is 21.9 Å². The summed E-state index contributed by atoms with van der Waals surface area (Å²) in [5, 5.41) is 5.82. The number of benzene rings is 1. The van der Waals surface area contributed by atoms with Gasteiger partial charge in [-0.2, -0.15) is 0 Å². The normalized spacial score (nSPS) is 33.8. The van der Waals surface area contributed by atoms with Crippen LogP contribution in [0.1, 0.15) is 51.9 Å². The van der Waals surface area contributed by atoms with Crippen molar-refractivity contribution in [3.63, 3.8) is 0 Å². The van der Waals surface area contributed by atoms with E-state index in [0.717, 1.165) is 19.3 Å². The molecule has 1 saturated heterocycles. The average Bonchev–Trinajstić information content (AvgIpc) is 3.06. The lowest BCUT2D eigenvalue weighted by Gasteiger charge is -2.55. The summed E-state index contributed by atoms with van der Waals surface area (Å²) >= 11 is 0. The number of nitrogens with one attached hydrogen (secondary N) is 2. The van der Waals surface area contributed by atoms with Crippen LogP contribution in [0.5, 0.6) is 0 Å². The SMILES string of the molecule is CC(NC(=O)C12CC3CC(CC(C3)C1)C2)C(=O)Nc1ccc(N2CCCS2(=O)=O)cc1. The molecule has 6 rings (SSSR count). The van der Waals surface area contributed by atoms with Gasteiger partial charge in [-0.1, -0.05) is 0 Å². The molecule has 1 heterocycles. The molecule has 0 radical (unpaired) electrons. The van der Waals surface area contributed by atoms with E-state index in [-0.39, 0.29) is 23.0 Å². The van der Waals surface area contributed by atoms with Gasteiger partial charge in [0.1, 0.15) is 6.04 Å². The fourth-order valence-electron chi connectivity index (χ4n) is 6.70. The molecule has 0 spiro atoms. The predicted octanol–water partition coefficient (Wildman–Crippen LogP) is 2.89. The molecule has 4 aliphatic carbocycles. The lowest BCUT2D eigenvalue weighted by Crippen LogP contribution is -2.56. The lowest BCUT2D eigenvalue weighted by molar-refractivity contribution is -0.147. The Morgan fingerprint density at radius 3 is 2.13 bits per heavy atom. The van der Waals surface area contributed by atoms with Crippen LogP contribution in [0, 0.1) is 23.2 Å². The molecule has 5 aliphatic rings. The first kappa shape index (κ1) is 20.8. The molecule has 7 nitrogen and oxygen atoms in total. The smallest absolute Gasteiger partial charge is 0.246 e. The van der Waals surface area contributed by atoms with Gasteiger partial charge in [-0.25, -0.2) is 8.42 Å². The Morgan fingerprint density at radius 2 is 1.61 bits per heavy atom. The number of sulfonamides is 1. The molecule has 2 amide bonds. The van der Waals surface area contributed by atoms with Crippen LogP contribution in [0.25, 0.3) is 0 Å². The van der Waals surface area contributed by atoms with Gasteiger partial charge in [-0.15, -0.1) is 0 Å². The summed E-state index contributed by atoms with van der Waals surface area (Å²) in [4.78, 5) is 25.8. The van der Waals surface area contributed by atoms with Crippen molar-refractivity contribution in [1.82, 2.24) is 5.32 Å². The van der Waals surface area contributed by atoms with E-state index in [2.05, 4.69) is 10.6 Å². The summed E-state index contributed by atoms with van der Waals surface area (Å²) in [6.07, 6.45) is 7.37. The molecule has 0 aromatic heterocycles. The van der Waals surface area contributed by atoms with Crippen LogP contribution in [0.2, 0.25) is 0 Å². The number of hydrogen-bond acceptors (Lipinski definition) is 4. The van der Waals surface area contributed by atoms with Crippen molar-refractivity contribution in [2.45, 2.75) is 57.9 Å². The van der Waals surface area contributed by atoms with Crippen LogP contribution in [-0.2, 0) is 19.6 Å². The zero-order valence-corrected chi connectivity index (χ0v) is 18.8. The molecular weight excluding hydrogens is 414 g/mol. The van der Waals surface area contributed by atoms with Gasteiger partial charge in [0.25, 0.3) is 0 Å². The van der Waals surface area contributed by atoms with Crippen LogP contribution in [0.3, 0.4) is 0 Å². The Labute approximate surface area is 184 Å². The number of nitrogens with zero attached hydrogens (tertiary/aromatic N) is 1. The van der Waals surface area contributed by atoms with E-state index < -0.39 is 16.1 Å². The Kier molecular flexibility index (Phi) is 5.03. The van der Waals surface area contributed by atoms with E-state index in [0.29, 0.717) is 42.1 Å². The molecule has 1 atom stereocenters. The second-order valence-corrected chi connectivity index (χ2v) is 12.2. The van der Waals surface area contributed by atoms with Crippen molar-refractivity contribution in [3.8, 4) is 0 Å². The summed E-state index contributed by atoms with van der Waals surface area (Å²) in [6, 6.07) is 6.19. The van der Waals surface area contributed by atoms with Crippen LogP contribution in [0.4, 0.5) is 11.4 Å². The standard InChI is InChI=1S/C23H31N3O4S/c1-15(24-22(28)23-12-16-9-17(13-23)11-18(10-16)14-23)21(27)25-19-3-5-20(6-4-19)26-7-2-8-31(26,29)30/h3-6,15-18H,2,7-14H2,1H3,(H,24,28)(H,25,27). The van der Waals surface area contributed by atoms with Crippen molar-refractivity contribution >= 4 is 33.2 Å². The maximum atomic E-state index is 13.2. The molecule has 1 unspecified atom stereocenters. The van der Waals surface area contributed by atoms with Gasteiger partial charge in [-0.3, -0.25) is 13.9 Å². The van der Waals surface area contributed by atoms with Gasteiger partial charge in [0.2, 0.25) is 21.8 Å². The third kappa shape index (κ3) is 3.83. The highest BCUT2D eigenvalue weighted by Crippen LogP contribution is 2.60. The summed E-state index contributed by atoms with van der Waals surface area (Å²) in [6.45, 7) is 2.21. The highest BCUT2D eigenvalue weighted by Gasteiger charge is 2.54. The molecule has 168 valence electrons. The Hall–Kier alpha value is -2.09. The molecule has 4 bridgehead atoms. The minimum atomic E-state index is -3.22. The number of anilines is 2. The minimum absolute atomic E-state index is 0.0452. The zero-order valence-electron chi connectivity index (χ0n) is 18.0. The molecule has 2 N–H and O–H groups in total. The first-order chi connectivity index (χ1) is 14.7. The second kappa shape index (κ2) is 7.50. The van der Waals surface area contributed by atoms with Crippen molar-refractivity contribution < 1.29 is 18.0 Å². The molecule has 8 heteroatoms. The van der Waals surface area contributed by atoms with Gasteiger partial charge in [0.15, 0.2) is 0 Å². The molecule has 1 aromatic rings. The van der Waals surface area contributed by atoms with E-state index in [4.69, 9.17) is 0 Å². The molecular formula is C23H31N3O4S. The summed E-state index contributed by atoms with van der Waals surface area (Å²) in [5.41, 5.74) is 0.923. The van der Waals surface area contributed by atoms with E-state index >= 15 is 0 Å². The molecule has 1 aliphatic heterocycles. The van der Waals surface area contributed by atoms with Gasteiger partial charge in [-0.05, 0) is 93.9 Å². The Morgan fingerprint density at radius 1 is 1.03 bits per heavy atom. The van der Waals surface area contributed by atoms with Crippen LogP contribution < -0.4 is 14.9 Å². The summed E-state index contributed by atoms with van der Waals surface area (Å²) in [7, 11) is -3.22. The fraction of sp³-hybridized carbons (Fsp3) is 0.652. The third-order valence-electron chi connectivity index (χ3n) is 7.78. The Balaban J connectivity index is 1.19. The topological polar surface area (TPSA) is 95.6 Å². The van der Waals surface area contributed by atoms with E-state index in [9.17, 15) is 18.0 Å². The fourth-order valence-corrected chi connectivity index (χ4v) is 8.26. The lowest BCUT2D eigenvalue weighted by atomic mass is 9.49. The van der Waals surface area contributed by atoms with Gasteiger partial charge in [0, 0.05) is 17.6 Å². The van der Waals surface area contributed by atoms with Crippen molar-refractivity contribution in [2.24, 2.45) is 23.2 Å². The Bertz CT molecular complexity index is 953. The second-order valence-electron chi connectivity index (χ2n) is 10.2. The van der Waals surface area contributed by atoms with Gasteiger partial charge in [0.05, 0.1) is 11.4 Å². The van der Waals surface area contributed by atoms with E-state index in [1.807, 2.05) is 0 Å². The van der Waals surface area contributed by atoms with E-state index in [1.165, 1.54) is 23.6 Å². The number of amides is 2. The van der Waals surface area contributed by atoms with E-state index in [1.54, 1.807) is 31.2 Å². The van der Waals surface area contributed by atoms with Crippen molar-refractivity contribution in [3.05, 3.63) is 24.3 Å². The number of rotatable bonds is 5. The van der Waals surface area contributed by atoms with Crippen molar-refractivity contribution in [1.29, 1.82) is 0 Å². The highest BCUT2D eigenvalue weighted by molar-refractivity contribution is 7.93. The molecule has 1 aromatic carbocycles. The highest BCUT2D eigenvalue weighted by atomic mass is 32.2. The quantitative estimate of drug-likeness (QED) is 0.728. The number of hydrogen-bond donors (Lipinski definition) is 2. The maximum Gasteiger partial charge on any atom is 0.246 e.